The van der Waals surface area contributed by atoms with Crippen molar-refractivity contribution in [3.63, 3.8) is 0 Å². The molecule has 0 bridgehead atoms. The number of amides is 1. The van der Waals surface area contributed by atoms with Gasteiger partial charge >= 0.3 is 0 Å². The molecule has 2 aliphatic rings. The molecule has 1 aliphatic carbocycles. The molecule has 0 aromatic carbocycles. The molecule has 0 saturated heterocycles. The van der Waals surface area contributed by atoms with E-state index in [9.17, 15) is 4.79 Å². The van der Waals surface area contributed by atoms with Crippen molar-refractivity contribution in [2.75, 3.05) is 34.8 Å². The number of carbonyl (C=O) groups is 1. The minimum atomic E-state index is -0.482. The number of rotatable bonds is 4. The van der Waals surface area contributed by atoms with Gasteiger partial charge in [-0.15, -0.1) is 0 Å². The van der Waals surface area contributed by atoms with Gasteiger partial charge < -0.3 is 14.2 Å². The highest BCUT2D eigenvalue weighted by Gasteiger charge is 2.41. The SMILES string of the molecule is CCN(c1ncc2c(n1)N(C1CCCC1)CC(C)(C)C(=O)N2C)c1ccco1. The number of anilines is 4. The molecular weight excluding hydrogens is 354 g/mol. The second-order valence-electron chi connectivity index (χ2n) is 8.39. The van der Waals surface area contributed by atoms with Gasteiger partial charge in [0.1, 0.15) is 5.69 Å². The van der Waals surface area contributed by atoms with Crippen LogP contribution < -0.4 is 14.7 Å². The van der Waals surface area contributed by atoms with Crippen LogP contribution >= 0.6 is 0 Å². The van der Waals surface area contributed by atoms with Crippen LogP contribution in [0.5, 0.6) is 0 Å². The second kappa shape index (κ2) is 7.11. The summed E-state index contributed by atoms with van der Waals surface area (Å²) in [6, 6.07) is 4.19. The third-order valence-corrected chi connectivity index (χ3v) is 5.92. The predicted octanol–water partition coefficient (Wildman–Crippen LogP) is 3.98. The lowest BCUT2D eigenvalue weighted by molar-refractivity contribution is -0.125. The summed E-state index contributed by atoms with van der Waals surface area (Å²) in [6.45, 7) is 7.45. The van der Waals surface area contributed by atoms with Gasteiger partial charge in [-0.05, 0) is 39.7 Å². The van der Waals surface area contributed by atoms with Gasteiger partial charge in [-0.25, -0.2) is 4.98 Å². The Balaban J connectivity index is 1.82. The average Bonchev–Trinajstić information content (AvgIpc) is 3.38. The van der Waals surface area contributed by atoms with Crippen LogP contribution in [0.3, 0.4) is 0 Å². The lowest BCUT2D eigenvalue weighted by Gasteiger charge is -2.34. The van der Waals surface area contributed by atoms with Gasteiger partial charge in [-0.2, -0.15) is 4.98 Å². The van der Waals surface area contributed by atoms with Gasteiger partial charge in [0.05, 0.1) is 17.9 Å². The van der Waals surface area contributed by atoms with E-state index in [1.807, 2.05) is 44.9 Å². The number of fused-ring (bicyclic) bond motifs is 1. The smallest absolute Gasteiger partial charge is 0.234 e. The fraction of sp³-hybridized carbons (Fsp3) is 0.571. The van der Waals surface area contributed by atoms with Gasteiger partial charge in [-0.1, -0.05) is 12.8 Å². The lowest BCUT2D eigenvalue weighted by Crippen LogP contribution is -2.45. The van der Waals surface area contributed by atoms with Crippen molar-refractivity contribution in [2.45, 2.75) is 52.5 Å². The molecular formula is C21H29N5O2. The minimum Gasteiger partial charge on any atom is -0.448 e. The Morgan fingerprint density at radius 3 is 2.71 bits per heavy atom. The molecule has 7 heteroatoms. The van der Waals surface area contributed by atoms with E-state index >= 15 is 0 Å². The van der Waals surface area contributed by atoms with E-state index in [-0.39, 0.29) is 5.91 Å². The zero-order valence-corrected chi connectivity index (χ0v) is 17.2. The number of hydrogen-bond donors (Lipinski definition) is 0. The van der Waals surface area contributed by atoms with Gasteiger partial charge in [0, 0.05) is 32.2 Å². The first-order chi connectivity index (χ1) is 13.4. The monoisotopic (exact) mass is 383 g/mol. The Morgan fingerprint density at radius 1 is 1.32 bits per heavy atom. The molecule has 1 aliphatic heterocycles. The maximum absolute atomic E-state index is 13.1. The van der Waals surface area contributed by atoms with Crippen molar-refractivity contribution in [1.82, 2.24) is 9.97 Å². The van der Waals surface area contributed by atoms with Gasteiger partial charge in [0.15, 0.2) is 5.82 Å². The molecule has 1 saturated carbocycles. The molecule has 0 radical (unpaired) electrons. The van der Waals surface area contributed by atoms with Crippen molar-refractivity contribution in [3.8, 4) is 0 Å². The molecule has 0 N–H and O–H groups in total. The first-order valence-electron chi connectivity index (χ1n) is 10.2. The first-order valence-corrected chi connectivity index (χ1v) is 10.2. The van der Waals surface area contributed by atoms with Crippen molar-refractivity contribution < 1.29 is 9.21 Å². The summed E-state index contributed by atoms with van der Waals surface area (Å²) in [5, 5.41) is 0. The van der Waals surface area contributed by atoms with E-state index in [4.69, 9.17) is 9.40 Å². The zero-order chi connectivity index (χ0) is 19.9. The Hall–Kier alpha value is -2.57. The Bertz CT molecular complexity index is 842. The molecule has 0 spiro atoms. The summed E-state index contributed by atoms with van der Waals surface area (Å²) in [5.74, 6) is 2.26. The third kappa shape index (κ3) is 3.12. The molecule has 1 fully saturated rings. The molecule has 1 amide bonds. The van der Waals surface area contributed by atoms with E-state index in [0.29, 0.717) is 31.0 Å². The number of aromatic nitrogens is 2. The number of furan rings is 1. The molecule has 2 aromatic heterocycles. The fourth-order valence-electron chi connectivity index (χ4n) is 4.40. The van der Waals surface area contributed by atoms with Crippen molar-refractivity contribution in [1.29, 1.82) is 0 Å². The summed E-state index contributed by atoms with van der Waals surface area (Å²) in [7, 11) is 1.83. The lowest BCUT2D eigenvalue weighted by atomic mass is 9.91. The van der Waals surface area contributed by atoms with E-state index in [0.717, 1.165) is 24.3 Å². The minimum absolute atomic E-state index is 0.101. The van der Waals surface area contributed by atoms with E-state index in [1.165, 1.54) is 12.8 Å². The number of nitrogens with zero attached hydrogens (tertiary/aromatic N) is 5. The second-order valence-corrected chi connectivity index (χ2v) is 8.39. The van der Waals surface area contributed by atoms with Crippen LogP contribution in [0.4, 0.5) is 23.3 Å². The number of carbonyl (C=O) groups excluding carboxylic acids is 1. The van der Waals surface area contributed by atoms with E-state index in [1.54, 1.807) is 17.4 Å². The summed E-state index contributed by atoms with van der Waals surface area (Å²) in [6.07, 6.45) is 8.18. The van der Waals surface area contributed by atoms with Crippen molar-refractivity contribution in [3.05, 3.63) is 24.6 Å². The number of hydrogen-bond acceptors (Lipinski definition) is 6. The zero-order valence-electron chi connectivity index (χ0n) is 17.2. The van der Waals surface area contributed by atoms with Crippen LogP contribution in [0.15, 0.2) is 29.0 Å². The fourth-order valence-corrected chi connectivity index (χ4v) is 4.40. The summed E-state index contributed by atoms with van der Waals surface area (Å²) >= 11 is 0. The quantitative estimate of drug-likeness (QED) is 0.796. The predicted molar refractivity (Wildman–Crippen MR) is 110 cm³/mol. The summed E-state index contributed by atoms with van der Waals surface area (Å²) < 4.78 is 5.58. The average molecular weight is 383 g/mol. The van der Waals surface area contributed by atoms with Crippen LogP contribution in [0.1, 0.15) is 46.5 Å². The van der Waals surface area contributed by atoms with Crippen LogP contribution in [-0.4, -0.2) is 42.1 Å². The van der Waals surface area contributed by atoms with E-state index < -0.39 is 5.41 Å². The summed E-state index contributed by atoms with van der Waals surface area (Å²) in [5.41, 5.74) is 0.297. The molecule has 150 valence electrons. The maximum Gasteiger partial charge on any atom is 0.234 e. The standard InChI is InChI=1S/C21H29N5O2/c1-5-25(17-11-8-12-28-17)20-22-13-16-18(23-20)26(15-9-6-7-10-15)14-21(2,3)19(27)24(16)4/h8,11-13,15H,5-7,9-10,14H2,1-4H3. The van der Waals surface area contributed by atoms with Crippen molar-refractivity contribution in [2.24, 2.45) is 5.41 Å². The summed E-state index contributed by atoms with van der Waals surface area (Å²) in [4.78, 5) is 28.6. The molecule has 0 unspecified atom stereocenters. The normalized spacial score (nSPS) is 19.6. The highest BCUT2D eigenvalue weighted by Crippen LogP contribution is 2.40. The van der Waals surface area contributed by atoms with Crippen molar-refractivity contribution >= 4 is 29.2 Å². The van der Waals surface area contributed by atoms with Crippen LogP contribution in [0.25, 0.3) is 0 Å². The molecule has 4 rings (SSSR count). The van der Waals surface area contributed by atoms with E-state index in [2.05, 4.69) is 9.88 Å². The molecule has 0 atom stereocenters. The van der Waals surface area contributed by atoms with Crippen LogP contribution in [-0.2, 0) is 4.79 Å². The molecule has 7 nitrogen and oxygen atoms in total. The first kappa shape index (κ1) is 18.8. The highest BCUT2D eigenvalue weighted by atomic mass is 16.3. The topological polar surface area (TPSA) is 65.7 Å². The largest absolute Gasteiger partial charge is 0.448 e. The molecule has 2 aromatic rings. The molecule has 28 heavy (non-hydrogen) atoms. The Kier molecular flexibility index (Phi) is 4.77. The molecule has 3 heterocycles. The van der Waals surface area contributed by atoms with Gasteiger partial charge in [0.25, 0.3) is 0 Å². The van der Waals surface area contributed by atoms with Gasteiger partial charge in [0.2, 0.25) is 17.7 Å². The van der Waals surface area contributed by atoms with Crippen LogP contribution in [0.2, 0.25) is 0 Å². The highest BCUT2D eigenvalue weighted by molar-refractivity contribution is 6.00. The maximum atomic E-state index is 13.1. The Labute approximate surface area is 166 Å². The van der Waals surface area contributed by atoms with Crippen LogP contribution in [0, 0.1) is 5.41 Å². The van der Waals surface area contributed by atoms with Gasteiger partial charge in [-0.3, -0.25) is 9.69 Å². The Morgan fingerprint density at radius 2 is 2.07 bits per heavy atom. The third-order valence-electron chi connectivity index (χ3n) is 5.92.